The average Bonchev–Trinajstić information content (AvgIpc) is 2.74. The lowest BCUT2D eigenvalue weighted by Crippen LogP contribution is -2.24. The summed E-state index contributed by atoms with van der Waals surface area (Å²) in [6, 6.07) is 0.0289. The zero-order valence-electron chi connectivity index (χ0n) is 12.1. The van der Waals surface area contributed by atoms with Gasteiger partial charge in [0.05, 0.1) is 24.3 Å². The first-order chi connectivity index (χ1) is 9.46. The molecular formula is C13H20N2O4S. The normalized spacial score (nSPS) is 12.0. The minimum Gasteiger partial charge on any atom is -0.465 e. The summed E-state index contributed by atoms with van der Waals surface area (Å²) in [7, 11) is 2.89. The standard InChI is InChI=1S/C13H20N2O4S/c1-5-8(6-18-3)15-12-9(13(17)19-4)10(14)11(20-12)7(2)16/h8,15H,5-6,14H2,1-4H3. The Labute approximate surface area is 122 Å². The maximum absolute atomic E-state index is 11.8. The maximum atomic E-state index is 11.8. The highest BCUT2D eigenvalue weighted by Gasteiger charge is 2.25. The van der Waals surface area contributed by atoms with Crippen molar-refractivity contribution < 1.29 is 19.1 Å². The number of Topliss-reactive ketones (excluding diaryl/α,β-unsaturated/α-hetero) is 1. The predicted octanol–water partition coefficient (Wildman–Crippen LogP) is 2.16. The molecule has 0 aromatic carbocycles. The van der Waals surface area contributed by atoms with E-state index in [1.807, 2.05) is 6.92 Å². The number of nitrogens with two attached hydrogens (primary N) is 1. The van der Waals surface area contributed by atoms with Crippen molar-refractivity contribution in [2.45, 2.75) is 26.3 Å². The van der Waals surface area contributed by atoms with E-state index in [1.54, 1.807) is 7.11 Å². The van der Waals surface area contributed by atoms with Gasteiger partial charge in [0.15, 0.2) is 5.78 Å². The van der Waals surface area contributed by atoms with Gasteiger partial charge < -0.3 is 20.5 Å². The zero-order chi connectivity index (χ0) is 15.3. The van der Waals surface area contributed by atoms with Crippen LogP contribution in [0.4, 0.5) is 10.7 Å². The van der Waals surface area contributed by atoms with Gasteiger partial charge in [0.2, 0.25) is 0 Å². The van der Waals surface area contributed by atoms with Crippen molar-refractivity contribution in [3.63, 3.8) is 0 Å². The number of ketones is 1. The molecule has 0 amide bonds. The van der Waals surface area contributed by atoms with E-state index >= 15 is 0 Å². The van der Waals surface area contributed by atoms with Crippen LogP contribution < -0.4 is 11.1 Å². The number of methoxy groups -OCH3 is 2. The van der Waals surface area contributed by atoms with Gasteiger partial charge in [0, 0.05) is 20.1 Å². The highest BCUT2D eigenvalue weighted by atomic mass is 32.1. The molecule has 1 aromatic rings. The van der Waals surface area contributed by atoms with Gasteiger partial charge in [-0.3, -0.25) is 4.79 Å². The fraction of sp³-hybridized carbons (Fsp3) is 0.538. The molecule has 0 spiro atoms. The SMILES string of the molecule is CCC(COC)Nc1sc(C(C)=O)c(N)c1C(=O)OC. The van der Waals surface area contributed by atoms with Gasteiger partial charge in [-0.15, -0.1) is 11.3 Å². The van der Waals surface area contributed by atoms with Crippen LogP contribution in [0.3, 0.4) is 0 Å². The molecule has 20 heavy (non-hydrogen) atoms. The molecule has 1 unspecified atom stereocenters. The summed E-state index contributed by atoms with van der Waals surface area (Å²) in [5, 5.41) is 3.73. The van der Waals surface area contributed by atoms with Crippen molar-refractivity contribution in [2.24, 2.45) is 0 Å². The van der Waals surface area contributed by atoms with Crippen molar-refractivity contribution in [3.05, 3.63) is 10.4 Å². The van der Waals surface area contributed by atoms with Gasteiger partial charge in [-0.1, -0.05) is 6.92 Å². The molecule has 0 fully saturated rings. The van der Waals surface area contributed by atoms with Crippen molar-refractivity contribution in [2.75, 3.05) is 31.9 Å². The average molecular weight is 300 g/mol. The van der Waals surface area contributed by atoms with E-state index in [0.29, 0.717) is 16.5 Å². The lowest BCUT2D eigenvalue weighted by atomic mass is 10.2. The van der Waals surface area contributed by atoms with Crippen molar-refractivity contribution in [1.29, 1.82) is 0 Å². The van der Waals surface area contributed by atoms with Crippen LogP contribution in [-0.4, -0.2) is 38.6 Å². The largest absolute Gasteiger partial charge is 0.465 e. The number of hydrogen-bond donors (Lipinski definition) is 2. The van der Waals surface area contributed by atoms with Gasteiger partial charge in [0.1, 0.15) is 10.6 Å². The molecular weight excluding hydrogens is 280 g/mol. The predicted molar refractivity (Wildman–Crippen MR) is 79.7 cm³/mol. The van der Waals surface area contributed by atoms with Gasteiger partial charge in [-0.2, -0.15) is 0 Å². The number of thiophene rings is 1. The molecule has 0 radical (unpaired) electrons. The molecule has 0 aliphatic heterocycles. The Balaban J connectivity index is 3.19. The molecule has 0 saturated heterocycles. The minimum atomic E-state index is -0.555. The summed E-state index contributed by atoms with van der Waals surface area (Å²) in [5.41, 5.74) is 6.28. The number of rotatable bonds is 7. The third-order valence-corrected chi connectivity index (χ3v) is 4.09. The fourth-order valence-corrected chi connectivity index (χ4v) is 2.84. The summed E-state index contributed by atoms with van der Waals surface area (Å²) in [4.78, 5) is 23.8. The van der Waals surface area contributed by atoms with Crippen molar-refractivity contribution in [1.82, 2.24) is 0 Å². The smallest absolute Gasteiger partial charge is 0.343 e. The van der Waals surface area contributed by atoms with Gasteiger partial charge in [0.25, 0.3) is 0 Å². The quantitative estimate of drug-likeness (QED) is 0.592. The molecule has 0 bridgehead atoms. The highest BCUT2D eigenvalue weighted by molar-refractivity contribution is 7.19. The number of ether oxygens (including phenoxy) is 2. The molecule has 1 rings (SSSR count). The Morgan fingerprint density at radius 3 is 2.50 bits per heavy atom. The van der Waals surface area contributed by atoms with Crippen LogP contribution in [0.25, 0.3) is 0 Å². The summed E-state index contributed by atoms with van der Waals surface area (Å²) in [6.07, 6.45) is 0.807. The fourth-order valence-electron chi connectivity index (χ4n) is 1.76. The molecule has 112 valence electrons. The molecule has 6 nitrogen and oxygen atoms in total. The van der Waals surface area contributed by atoms with Crippen LogP contribution in [0.15, 0.2) is 0 Å². The van der Waals surface area contributed by atoms with E-state index in [4.69, 9.17) is 15.2 Å². The molecule has 1 aromatic heterocycles. The number of nitrogens with one attached hydrogen (secondary N) is 1. The number of esters is 1. The number of carbonyl (C=O) groups excluding carboxylic acids is 2. The van der Waals surface area contributed by atoms with Gasteiger partial charge >= 0.3 is 5.97 Å². The third-order valence-electron chi connectivity index (χ3n) is 2.85. The Hall–Kier alpha value is -1.60. The zero-order valence-corrected chi connectivity index (χ0v) is 12.9. The van der Waals surface area contributed by atoms with Crippen LogP contribution in [0.1, 0.15) is 40.3 Å². The third kappa shape index (κ3) is 3.49. The number of anilines is 2. The van der Waals surface area contributed by atoms with E-state index in [1.165, 1.54) is 25.4 Å². The Kier molecular flexibility index (Phi) is 5.97. The number of carbonyl (C=O) groups is 2. The minimum absolute atomic E-state index is 0.0289. The lowest BCUT2D eigenvalue weighted by Gasteiger charge is -2.16. The second kappa shape index (κ2) is 7.25. The Bertz CT molecular complexity index is 499. The Morgan fingerprint density at radius 1 is 1.40 bits per heavy atom. The first kappa shape index (κ1) is 16.5. The van der Waals surface area contributed by atoms with E-state index in [0.717, 1.165) is 6.42 Å². The van der Waals surface area contributed by atoms with Crippen LogP contribution in [0.2, 0.25) is 0 Å². The molecule has 0 aliphatic rings. The van der Waals surface area contributed by atoms with Crippen LogP contribution >= 0.6 is 11.3 Å². The molecule has 7 heteroatoms. The van der Waals surface area contributed by atoms with E-state index < -0.39 is 5.97 Å². The summed E-state index contributed by atoms with van der Waals surface area (Å²) >= 11 is 1.17. The molecule has 3 N–H and O–H groups in total. The van der Waals surface area contributed by atoms with E-state index in [2.05, 4.69) is 5.32 Å². The molecule has 0 aliphatic carbocycles. The van der Waals surface area contributed by atoms with Crippen molar-refractivity contribution in [3.8, 4) is 0 Å². The molecule has 1 atom stereocenters. The second-order valence-corrected chi connectivity index (χ2v) is 5.32. The Morgan fingerprint density at radius 2 is 2.05 bits per heavy atom. The summed E-state index contributed by atoms with van der Waals surface area (Å²) in [5.74, 6) is -0.730. The lowest BCUT2D eigenvalue weighted by molar-refractivity contribution is 0.0603. The van der Waals surface area contributed by atoms with Gasteiger partial charge in [-0.05, 0) is 6.42 Å². The second-order valence-electron chi connectivity index (χ2n) is 4.30. The first-order valence-electron chi connectivity index (χ1n) is 6.23. The summed E-state index contributed by atoms with van der Waals surface area (Å²) < 4.78 is 9.84. The monoisotopic (exact) mass is 300 g/mol. The number of hydrogen-bond acceptors (Lipinski definition) is 7. The van der Waals surface area contributed by atoms with Crippen molar-refractivity contribution >= 4 is 33.8 Å². The van der Waals surface area contributed by atoms with E-state index in [-0.39, 0.29) is 23.1 Å². The molecule has 1 heterocycles. The highest BCUT2D eigenvalue weighted by Crippen LogP contribution is 2.37. The van der Waals surface area contributed by atoms with Crippen LogP contribution in [0.5, 0.6) is 0 Å². The number of nitrogen functional groups attached to an aromatic ring is 1. The van der Waals surface area contributed by atoms with Crippen LogP contribution in [-0.2, 0) is 9.47 Å². The first-order valence-corrected chi connectivity index (χ1v) is 7.04. The summed E-state index contributed by atoms with van der Waals surface area (Å²) in [6.45, 7) is 3.90. The molecule has 0 saturated carbocycles. The topological polar surface area (TPSA) is 90.6 Å². The van der Waals surface area contributed by atoms with Gasteiger partial charge in [-0.25, -0.2) is 4.79 Å². The van der Waals surface area contributed by atoms with Crippen LogP contribution in [0, 0.1) is 0 Å². The van der Waals surface area contributed by atoms with E-state index in [9.17, 15) is 9.59 Å². The maximum Gasteiger partial charge on any atom is 0.343 e.